The molecule has 1 rings (SSSR count). The van der Waals surface area contributed by atoms with Crippen LogP contribution in [-0.2, 0) is 9.47 Å². The van der Waals surface area contributed by atoms with E-state index < -0.39 is 24.4 Å². The van der Waals surface area contributed by atoms with Gasteiger partial charge in [-0.15, -0.1) is 0 Å². The van der Waals surface area contributed by atoms with Crippen LogP contribution < -0.4 is 0 Å². The molecular formula is C23H44O5. The Morgan fingerprint density at radius 1 is 0.786 bits per heavy atom. The highest BCUT2D eigenvalue weighted by molar-refractivity contribution is 4.86. The lowest BCUT2D eigenvalue weighted by Gasteiger charge is -2.35. The SMILES string of the molecule is CCCCCCCCCCCCC/C=C/CCOC[C@@H]1OC[C@@H](O)[C@H](O)[C@H]1O. The fourth-order valence-corrected chi connectivity index (χ4v) is 3.53. The highest BCUT2D eigenvalue weighted by atomic mass is 16.6. The molecule has 0 radical (unpaired) electrons. The normalized spacial score (nSPS) is 25.6. The zero-order valence-corrected chi connectivity index (χ0v) is 17.9. The largest absolute Gasteiger partial charge is 0.388 e. The maximum Gasteiger partial charge on any atom is 0.111 e. The Morgan fingerprint density at radius 3 is 2.00 bits per heavy atom. The van der Waals surface area contributed by atoms with E-state index in [1.807, 2.05) is 0 Å². The average Bonchev–Trinajstić information content (AvgIpc) is 2.70. The molecule has 0 amide bonds. The van der Waals surface area contributed by atoms with Crippen LogP contribution in [0.4, 0.5) is 0 Å². The molecule has 1 aliphatic heterocycles. The van der Waals surface area contributed by atoms with Gasteiger partial charge in [-0.05, 0) is 19.3 Å². The Balaban J connectivity index is 1.82. The first-order valence-corrected chi connectivity index (χ1v) is 11.5. The summed E-state index contributed by atoms with van der Waals surface area (Å²) in [6.45, 7) is 3.10. The first-order chi connectivity index (χ1) is 13.7. The Hall–Kier alpha value is -0.460. The molecule has 5 nitrogen and oxygen atoms in total. The van der Waals surface area contributed by atoms with Crippen molar-refractivity contribution in [2.75, 3.05) is 19.8 Å². The van der Waals surface area contributed by atoms with Gasteiger partial charge in [-0.25, -0.2) is 0 Å². The molecule has 5 heteroatoms. The lowest BCUT2D eigenvalue weighted by molar-refractivity contribution is -0.199. The molecule has 1 fully saturated rings. The molecule has 3 N–H and O–H groups in total. The monoisotopic (exact) mass is 400 g/mol. The van der Waals surface area contributed by atoms with E-state index in [1.165, 1.54) is 70.6 Å². The van der Waals surface area contributed by atoms with Crippen LogP contribution in [0.25, 0.3) is 0 Å². The van der Waals surface area contributed by atoms with Crippen LogP contribution in [0.3, 0.4) is 0 Å². The van der Waals surface area contributed by atoms with Gasteiger partial charge < -0.3 is 24.8 Å². The minimum absolute atomic E-state index is 0.0329. The molecule has 0 saturated carbocycles. The predicted molar refractivity (Wildman–Crippen MR) is 113 cm³/mol. The van der Waals surface area contributed by atoms with Crippen LogP contribution in [0.5, 0.6) is 0 Å². The zero-order chi connectivity index (χ0) is 20.5. The van der Waals surface area contributed by atoms with Gasteiger partial charge in [0.2, 0.25) is 0 Å². The highest BCUT2D eigenvalue weighted by Gasteiger charge is 2.37. The van der Waals surface area contributed by atoms with Crippen LogP contribution in [0, 0.1) is 0 Å². The van der Waals surface area contributed by atoms with E-state index in [9.17, 15) is 15.3 Å². The first kappa shape index (κ1) is 25.6. The molecule has 1 heterocycles. The molecular weight excluding hydrogens is 356 g/mol. The van der Waals surface area contributed by atoms with Gasteiger partial charge in [-0.3, -0.25) is 0 Å². The number of allylic oxidation sites excluding steroid dienone is 1. The van der Waals surface area contributed by atoms with Gasteiger partial charge in [0, 0.05) is 0 Å². The molecule has 0 aromatic rings. The quantitative estimate of drug-likeness (QED) is 0.253. The van der Waals surface area contributed by atoms with Crippen molar-refractivity contribution in [1.82, 2.24) is 0 Å². The van der Waals surface area contributed by atoms with Crippen LogP contribution in [0.15, 0.2) is 12.2 Å². The molecule has 1 saturated heterocycles. The number of aliphatic hydroxyl groups is 3. The Bertz CT molecular complexity index is 374. The van der Waals surface area contributed by atoms with E-state index in [1.54, 1.807) is 0 Å². The number of hydrogen-bond donors (Lipinski definition) is 3. The maximum atomic E-state index is 9.81. The average molecular weight is 401 g/mol. The topological polar surface area (TPSA) is 79.2 Å². The van der Waals surface area contributed by atoms with E-state index in [0.29, 0.717) is 6.61 Å². The van der Waals surface area contributed by atoms with Gasteiger partial charge in [-0.2, -0.15) is 0 Å². The van der Waals surface area contributed by atoms with Crippen molar-refractivity contribution in [3.05, 3.63) is 12.2 Å². The van der Waals surface area contributed by atoms with E-state index in [0.717, 1.165) is 12.8 Å². The zero-order valence-electron chi connectivity index (χ0n) is 17.9. The third-order valence-corrected chi connectivity index (χ3v) is 5.46. The third-order valence-electron chi connectivity index (χ3n) is 5.46. The van der Waals surface area contributed by atoms with Crippen LogP contribution in [0.1, 0.15) is 90.4 Å². The molecule has 1 aliphatic rings. The second-order valence-electron chi connectivity index (χ2n) is 8.08. The summed E-state index contributed by atoms with van der Waals surface area (Å²) in [4.78, 5) is 0. The first-order valence-electron chi connectivity index (χ1n) is 11.5. The molecule has 166 valence electrons. The summed E-state index contributed by atoms with van der Waals surface area (Å²) in [7, 11) is 0. The van der Waals surface area contributed by atoms with E-state index in [-0.39, 0.29) is 13.2 Å². The van der Waals surface area contributed by atoms with E-state index >= 15 is 0 Å². The van der Waals surface area contributed by atoms with Crippen LogP contribution >= 0.6 is 0 Å². The highest BCUT2D eigenvalue weighted by Crippen LogP contribution is 2.16. The molecule has 0 aromatic heterocycles. The Labute approximate surface area is 172 Å². The molecule has 0 unspecified atom stereocenters. The third kappa shape index (κ3) is 12.2. The van der Waals surface area contributed by atoms with Gasteiger partial charge in [-0.1, -0.05) is 83.3 Å². The second kappa shape index (κ2) is 17.4. The van der Waals surface area contributed by atoms with E-state index in [4.69, 9.17) is 9.47 Å². The minimum atomic E-state index is -1.16. The predicted octanol–water partition coefficient (Wildman–Crippen LogP) is 4.13. The maximum absolute atomic E-state index is 9.81. The summed E-state index contributed by atoms with van der Waals surface area (Å²) >= 11 is 0. The summed E-state index contributed by atoms with van der Waals surface area (Å²) in [6.07, 6.45) is 17.6. The summed E-state index contributed by atoms with van der Waals surface area (Å²) in [5.41, 5.74) is 0. The number of hydrogen-bond acceptors (Lipinski definition) is 5. The van der Waals surface area contributed by atoms with Crippen molar-refractivity contribution in [2.45, 2.75) is 115 Å². The number of aliphatic hydroxyl groups excluding tert-OH is 3. The smallest absolute Gasteiger partial charge is 0.111 e. The van der Waals surface area contributed by atoms with Crippen molar-refractivity contribution in [1.29, 1.82) is 0 Å². The van der Waals surface area contributed by atoms with Crippen molar-refractivity contribution in [2.24, 2.45) is 0 Å². The standard InChI is InChI=1S/C23H44O5/c1-2-3-4-5-6-7-8-9-10-11-12-13-14-15-16-17-27-19-21-23(26)22(25)20(24)18-28-21/h14-15,20-26H,2-13,16-19H2,1H3/b15-14+/t20-,21+,22+,23+/m1/s1. The van der Waals surface area contributed by atoms with Gasteiger partial charge in [0.25, 0.3) is 0 Å². The van der Waals surface area contributed by atoms with Crippen molar-refractivity contribution < 1.29 is 24.8 Å². The van der Waals surface area contributed by atoms with Gasteiger partial charge >= 0.3 is 0 Å². The minimum Gasteiger partial charge on any atom is -0.388 e. The summed E-state index contributed by atoms with van der Waals surface area (Å²) in [5, 5.41) is 28.8. The Kier molecular flexibility index (Phi) is 15.9. The molecule has 0 spiro atoms. The number of rotatable bonds is 17. The molecule has 0 aromatic carbocycles. The van der Waals surface area contributed by atoms with Gasteiger partial charge in [0.05, 0.1) is 19.8 Å². The lowest BCUT2D eigenvalue weighted by Crippen LogP contribution is -2.54. The fourth-order valence-electron chi connectivity index (χ4n) is 3.53. The fraction of sp³-hybridized carbons (Fsp3) is 0.913. The van der Waals surface area contributed by atoms with Crippen molar-refractivity contribution >= 4 is 0 Å². The van der Waals surface area contributed by atoms with E-state index in [2.05, 4.69) is 19.1 Å². The molecule has 28 heavy (non-hydrogen) atoms. The van der Waals surface area contributed by atoms with Crippen LogP contribution in [0.2, 0.25) is 0 Å². The molecule has 4 atom stereocenters. The second-order valence-corrected chi connectivity index (χ2v) is 8.08. The summed E-state index contributed by atoms with van der Waals surface area (Å²) in [5.74, 6) is 0. The number of ether oxygens (including phenoxy) is 2. The van der Waals surface area contributed by atoms with Crippen molar-refractivity contribution in [3.63, 3.8) is 0 Å². The molecule has 0 bridgehead atoms. The van der Waals surface area contributed by atoms with Crippen LogP contribution in [-0.4, -0.2) is 59.6 Å². The lowest BCUT2D eigenvalue weighted by atomic mass is 10.0. The summed E-state index contributed by atoms with van der Waals surface area (Å²) < 4.78 is 10.8. The number of unbranched alkanes of at least 4 members (excludes halogenated alkanes) is 11. The van der Waals surface area contributed by atoms with Gasteiger partial charge in [0.1, 0.15) is 24.4 Å². The van der Waals surface area contributed by atoms with Gasteiger partial charge in [0.15, 0.2) is 0 Å². The molecule has 0 aliphatic carbocycles. The Morgan fingerprint density at radius 2 is 1.36 bits per heavy atom. The summed E-state index contributed by atoms with van der Waals surface area (Å²) in [6, 6.07) is 0. The van der Waals surface area contributed by atoms with Crippen molar-refractivity contribution in [3.8, 4) is 0 Å².